The largest absolute Gasteiger partial charge is 0.467 e. The van der Waals surface area contributed by atoms with Gasteiger partial charge in [-0.25, -0.2) is 9.59 Å². The second-order valence-corrected chi connectivity index (χ2v) is 9.05. The van der Waals surface area contributed by atoms with Crippen LogP contribution in [0, 0.1) is 5.92 Å². The second kappa shape index (κ2) is 11.7. The van der Waals surface area contributed by atoms with Gasteiger partial charge in [0.05, 0.1) is 12.6 Å². The molecule has 0 aliphatic carbocycles. The molecule has 3 N–H and O–H groups in total. The molecule has 0 radical (unpaired) electrons. The van der Waals surface area contributed by atoms with E-state index in [1.165, 1.54) is 7.11 Å². The van der Waals surface area contributed by atoms with Crippen LogP contribution in [-0.2, 0) is 32.1 Å². The Hall–Kier alpha value is -3.33. The highest BCUT2D eigenvalue weighted by molar-refractivity contribution is 9.10. The first-order valence-electron chi connectivity index (χ1n) is 10.9. The molecule has 34 heavy (non-hydrogen) atoms. The van der Waals surface area contributed by atoms with Crippen LogP contribution in [0.2, 0.25) is 0 Å². The molecule has 0 aliphatic rings. The van der Waals surface area contributed by atoms with Crippen LogP contribution < -0.4 is 10.6 Å². The third-order valence-corrected chi connectivity index (χ3v) is 6.07. The number of nitrogens with one attached hydrogen (secondary N) is 3. The predicted octanol–water partition coefficient (Wildman–Crippen LogP) is 4.08. The Kier molecular flexibility index (Phi) is 8.70. The van der Waals surface area contributed by atoms with Crippen molar-refractivity contribution in [3.63, 3.8) is 0 Å². The van der Waals surface area contributed by atoms with Crippen molar-refractivity contribution >= 4 is 44.8 Å². The van der Waals surface area contributed by atoms with E-state index in [1.54, 1.807) is 20.0 Å². The Morgan fingerprint density at radius 2 is 1.76 bits per heavy atom. The molecule has 1 heterocycles. The van der Waals surface area contributed by atoms with E-state index in [9.17, 15) is 14.4 Å². The van der Waals surface area contributed by atoms with Crippen LogP contribution >= 0.6 is 15.9 Å². The molecule has 0 aliphatic heterocycles. The zero-order valence-electron chi connectivity index (χ0n) is 19.3. The zero-order valence-corrected chi connectivity index (χ0v) is 20.8. The van der Waals surface area contributed by atoms with E-state index < -0.39 is 30.1 Å². The summed E-state index contributed by atoms with van der Waals surface area (Å²) in [7, 11) is 1.27. The number of rotatable bonds is 9. The number of ether oxygens (including phenoxy) is 2. The van der Waals surface area contributed by atoms with Crippen molar-refractivity contribution in [1.29, 1.82) is 0 Å². The van der Waals surface area contributed by atoms with Crippen LogP contribution in [0.4, 0.5) is 4.79 Å². The monoisotopic (exact) mass is 529 g/mol. The molecule has 3 rings (SSSR count). The Morgan fingerprint density at radius 1 is 1.03 bits per heavy atom. The number of carbonyl (C=O) groups is 3. The molecule has 2 aromatic carbocycles. The molecule has 2 atom stereocenters. The van der Waals surface area contributed by atoms with Gasteiger partial charge in [-0.1, -0.05) is 56.3 Å². The minimum absolute atomic E-state index is 0.0833. The molecule has 0 saturated heterocycles. The minimum Gasteiger partial charge on any atom is -0.467 e. The maximum atomic E-state index is 13.1. The van der Waals surface area contributed by atoms with Crippen molar-refractivity contribution < 1.29 is 23.9 Å². The van der Waals surface area contributed by atoms with E-state index in [0.717, 1.165) is 26.5 Å². The van der Waals surface area contributed by atoms with Crippen LogP contribution in [-0.4, -0.2) is 42.1 Å². The molecule has 8 nitrogen and oxygen atoms in total. The Morgan fingerprint density at radius 3 is 2.44 bits per heavy atom. The van der Waals surface area contributed by atoms with Gasteiger partial charge in [0.2, 0.25) is 5.91 Å². The van der Waals surface area contributed by atoms with Crippen molar-refractivity contribution in [1.82, 2.24) is 15.6 Å². The number of amides is 2. The summed E-state index contributed by atoms with van der Waals surface area (Å²) < 4.78 is 11.1. The van der Waals surface area contributed by atoms with Gasteiger partial charge in [-0.2, -0.15) is 0 Å². The fourth-order valence-corrected chi connectivity index (χ4v) is 4.07. The Labute approximate surface area is 206 Å². The van der Waals surface area contributed by atoms with Gasteiger partial charge in [0.1, 0.15) is 18.7 Å². The molecular weight excluding hydrogens is 502 g/mol. The van der Waals surface area contributed by atoms with E-state index >= 15 is 0 Å². The lowest BCUT2D eigenvalue weighted by molar-refractivity contribution is -0.145. The summed E-state index contributed by atoms with van der Waals surface area (Å²) in [5.74, 6) is -1.32. The Balaban J connectivity index is 1.68. The lowest BCUT2D eigenvalue weighted by Crippen LogP contribution is -2.54. The highest BCUT2D eigenvalue weighted by atomic mass is 79.9. The van der Waals surface area contributed by atoms with Gasteiger partial charge in [-0.05, 0) is 39.0 Å². The molecule has 2 unspecified atom stereocenters. The number of aromatic amines is 1. The highest BCUT2D eigenvalue weighted by Gasteiger charge is 2.30. The quantitative estimate of drug-likeness (QED) is 0.362. The minimum atomic E-state index is -0.932. The number of alkyl carbamates (subject to hydrolysis) is 1. The number of hydrogen-bond donors (Lipinski definition) is 3. The molecule has 1 aromatic heterocycles. The standard InChI is InChI=1S/C25H28BrN3O5/c1-15(2)21(29-25(32)34-14-16-8-5-4-6-9-16)23(30)28-20(24(31)33-3)12-17-13-27-22-18(17)10-7-11-19(22)26/h4-11,13,15,20-21,27H,12,14H2,1-3H3,(H,28,30)(H,29,32). The van der Waals surface area contributed by atoms with Crippen LogP contribution in [0.25, 0.3) is 10.9 Å². The number of aromatic nitrogens is 1. The van der Waals surface area contributed by atoms with Crippen molar-refractivity contribution in [2.24, 2.45) is 5.92 Å². The number of fused-ring (bicyclic) bond motifs is 1. The van der Waals surface area contributed by atoms with Crippen LogP contribution in [0.5, 0.6) is 0 Å². The molecule has 0 fully saturated rings. The number of benzene rings is 2. The SMILES string of the molecule is COC(=O)C(Cc1c[nH]c2c(Br)cccc12)NC(=O)C(NC(=O)OCc1ccccc1)C(C)C. The van der Waals surface area contributed by atoms with Gasteiger partial charge in [0.25, 0.3) is 0 Å². The topological polar surface area (TPSA) is 110 Å². The van der Waals surface area contributed by atoms with E-state index in [1.807, 2.05) is 48.5 Å². The number of halogens is 1. The summed E-state index contributed by atoms with van der Waals surface area (Å²) in [6, 6.07) is 13.2. The summed E-state index contributed by atoms with van der Waals surface area (Å²) in [4.78, 5) is 41.1. The molecular formula is C25H28BrN3O5. The molecule has 2 amide bonds. The maximum absolute atomic E-state index is 13.1. The van der Waals surface area contributed by atoms with Gasteiger partial charge in [0.15, 0.2) is 0 Å². The third kappa shape index (κ3) is 6.38. The molecule has 9 heteroatoms. The van der Waals surface area contributed by atoms with E-state index in [4.69, 9.17) is 9.47 Å². The first-order valence-corrected chi connectivity index (χ1v) is 11.7. The number of para-hydroxylation sites is 1. The molecule has 0 spiro atoms. The number of carbonyl (C=O) groups excluding carboxylic acids is 3. The summed E-state index contributed by atoms with van der Waals surface area (Å²) in [5.41, 5.74) is 2.58. The molecule has 0 saturated carbocycles. The normalized spacial score (nSPS) is 12.7. The van der Waals surface area contributed by atoms with Crippen LogP contribution in [0.1, 0.15) is 25.0 Å². The smallest absolute Gasteiger partial charge is 0.408 e. The lowest BCUT2D eigenvalue weighted by Gasteiger charge is -2.24. The summed E-state index contributed by atoms with van der Waals surface area (Å²) in [6.45, 7) is 3.68. The fraction of sp³-hybridized carbons (Fsp3) is 0.320. The summed E-state index contributed by atoms with van der Waals surface area (Å²) >= 11 is 3.50. The maximum Gasteiger partial charge on any atom is 0.408 e. The average Bonchev–Trinajstić information content (AvgIpc) is 3.24. The van der Waals surface area contributed by atoms with Crippen molar-refractivity contribution in [3.8, 4) is 0 Å². The predicted molar refractivity (Wildman–Crippen MR) is 132 cm³/mol. The fourth-order valence-electron chi connectivity index (χ4n) is 3.59. The summed E-state index contributed by atoms with van der Waals surface area (Å²) in [6.07, 6.45) is 1.31. The van der Waals surface area contributed by atoms with Crippen LogP contribution in [0.3, 0.4) is 0 Å². The number of H-pyrrole nitrogens is 1. The van der Waals surface area contributed by atoms with Gasteiger partial charge in [-0.3, -0.25) is 4.79 Å². The number of esters is 1. The van der Waals surface area contributed by atoms with E-state index in [-0.39, 0.29) is 18.9 Å². The van der Waals surface area contributed by atoms with Gasteiger partial charge in [-0.15, -0.1) is 0 Å². The van der Waals surface area contributed by atoms with Crippen LogP contribution in [0.15, 0.2) is 59.2 Å². The van der Waals surface area contributed by atoms with E-state index in [0.29, 0.717) is 0 Å². The molecule has 0 bridgehead atoms. The van der Waals surface area contributed by atoms with Gasteiger partial charge >= 0.3 is 12.1 Å². The first kappa shape index (κ1) is 25.3. The van der Waals surface area contributed by atoms with Crippen molar-refractivity contribution in [3.05, 3.63) is 70.3 Å². The molecule has 180 valence electrons. The van der Waals surface area contributed by atoms with E-state index in [2.05, 4.69) is 31.5 Å². The van der Waals surface area contributed by atoms with Gasteiger partial charge in [0, 0.05) is 22.5 Å². The summed E-state index contributed by atoms with van der Waals surface area (Å²) in [5, 5.41) is 6.27. The first-order chi connectivity index (χ1) is 16.3. The third-order valence-electron chi connectivity index (χ3n) is 5.41. The van der Waals surface area contributed by atoms with Gasteiger partial charge < -0.3 is 25.1 Å². The highest BCUT2D eigenvalue weighted by Crippen LogP contribution is 2.26. The van der Waals surface area contributed by atoms with Crippen molar-refractivity contribution in [2.75, 3.05) is 7.11 Å². The number of hydrogen-bond acceptors (Lipinski definition) is 5. The zero-order chi connectivity index (χ0) is 24.7. The lowest BCUT2D eigenvalue weighted by atomic mass is 10.0. The Bertz CT molecular complexity index is 1150. The molecule has 3 aromatic rings. The van der Waals surface area contributed by atoms with Crippen molar-refractivity contribution in [2.45, 2.75) is 39.0 Å². The number of methoxy groups -OCH3 is 1. The second-order valence-electron chi connectivity index (χ2n) is 8.19. The average molecular weight is 530 g/mol.